The van der Waals surface area contributed by atoms with Gasteiger partial charge in [-0.15, -0.1) is 0 Å². The second kappa shape index (κ2) is 4.95. The Balaban J connectivity index is 2.73. The summed E-state index contributed by atoms with van der Waals surface area (Å²) in [7, 11) is 0. The maximum atomic E-state index is 12.0. The van der Waals surface area contributed by atoms with Crippen molar-refractivity contribution in [2.24, 2.45) is 0 Å². The molecule has 1 N–H and O–H groups in total. The highest BCUT2D eigenvalue weighted by Crippen LogP contribution is 2.26. The summed E-state index contributed by atoms with van der Waals surface area (Å²) in [6.07, 6.45) is 0. The summed E-state index contributed by atoms with van der Waals surface area (Å²) in [5.41, 5.74) is 0.531. The number of alkyl halides is 2. The topological polar surface area (TPSA) is 29.1 Å². The van der Waals surface area contributed by atoms with Gasteiger partial charge in [0.05, 0.1) is 0 Å². The molecule has 0 aliphatic rings. The van der Waals surface area contributed by atoms with Crippen LogP contribution in [0.4, 0.5) is 14.5 Å². The van der Waals surface area contributed by atoms with E-state index in [4.69, 9.17) is 0 Å². The van der Waals surface area contributed by atoms with E-state index in [1.54, 1.807) is 18.2 Å². The summed E-state index contributed by atoms with van der Waals surface area (Å²) in [6.45, 7) is 1.37. The second-order valence-electron chi connectivity index (χ2n) is 2.59. The molecule has 0 aliphatic heterocycles. The Morgan fingerprint density at radius 3 is 2.79 bits per heavy atom. The van der Waals surface area contributed by atoms with Crippen LogP contribution in [0.15, 0.2) is 29.2 Å². The quantitative estimate of drug-likeness (QED) is 0.788. The van der Waals surface area contributed by atoms with Crippen LogP contribution in [-0.2, 0) is 4.79 Å². The van der Waals surface area contributed by atoms with Gasteiger partial charge in [-0.2, -0.15) is 8.78 Å². The van der Waals surface area contributed by atoms with E-state index in [-0.39, 0.29) is 5.91 Å². The molecule has 0 aromatic heterocycles. The third kappa shape index (κ3) is 3.74. The number of anilines is 1. The molecule has 76 valence electrons. The highest BCUT2D eigenvalue weighted by atomic mass is 32.2. The molecule has 0 heterocycles. The first-order chi connectivity index (χ1) is 6.58. The van der Waals surface area contributed by atoms with Gasteiger partial charge in [0.15, 0.2) is 0 Å². The summed E-state index contributed by atoms with van der Waals surface area (Å²) in [6, 6.07) is 6.35. The first-order valence-electron chi connectivity index (χ1n) is 3.90. The van der Waals surface area contributed by atoms with Crippen LogP contribution in [0.2, 0.25) is 0 Å². The highest BCUT2D eigenvalue weighted by Gasteiger charge is 2.05. The number of amides is 1. The molecule has 0 saturated heterocycles. The van der Waals surface area contributed by atoms with Crippen LogP contribution in [0, 0.1) is 0 Å². The highest BCUT2D eigenvalue weighted by molar-refractivity contribution is 7.99. The summed E-state index contributed by atoms with van der Waals surface area (Å²) >= 11 is 0.455. The number of nitrogens with one attached hydrogen (secondary N) is 1. The monoisotopic (exact) mass is 217 g/mol. The molecule has 1 aromatic rings. The van der Waals surface area contributed by atoms with E-state index in [0.717, 1.165) is 0 Å². The molecule has 0 spiro atoms. The Morgan fingerprint density at radius 2 is 2.21 bits per heavy atom. The van der Waals surface area contributed by atoms with Gasteiger partial charge in [0.25, 0.3) is 5.76 Å². The van der Waals surface area contributed by atoms with Crippen molar-refractivity contribution in [2.45, 2.75) is 17.6 Å². The zero-order valence-corrected chi connectivity index (χ0v) is 8.28. The molecule has 0 bridgehead atoms. The Kier molecular flexibility index (Phi) is 3.88. The van der Waals surface area contributed by atoms with Crippen molar-refractivity contribution in [2.75, 3.05) is 5.32 Å². The molecule has 0 aliphatic carbocycles. The zero-order chi connectivity index (χ0) is 10.6. The van der Waals surface area contributed by atoms with E-state index < -0.39 is 5.76 Å². The molecule has 0 unspecified atom stereocenters. The van der Waals surface area contributed by atoms with Gasteiger partial charge in [0, 0.05) is 17.5 Å². The Hall–Kier alpha value is -1.10. The van der Waals surface area contributed by atoms with Gasteiger partial charge >= 0.3 is 0 Å². The lowest BCUT2D eigenvalue weighted by Gasteiger charge is -2.04. The number of rotatable bonds is 3. The van der Waals surface area contributed by atoms with Crippen LogP contribution >= 0.6 is 11.8 Å². The molecule has 0 saturated carbocycles. The van der Waals surface area contributed by atoms with Crippen molar-refractivity contribution in [3.05, 3.63) is 24.3 Å². The Bertz CT molecular complexity index is 330. The normalized spacial score (nSPS) is 10.3. The second-order valence-corrected chi connectivity index (χ2v) is 3.65. The standard InChI is InChI=1S/C9H9F2NOS/c1-6(13)12-7-3-2-4-8(5-7)14-9(10)11/h2-5,9H,1H3,(H,12,13). The number of thioether (sulfide) groups is 1. The molecule has 1 amide bonds. The van der Waals surface area contributed by atoms with Gasteiger partial charge < -0.3 is 5.32 Å². The zero-order valence-electron chi connectivity index (χ0n) is 7.46. The van der Waals surface area contributed by atoms with E-state index in [2.05, 4.69) is 5.32 Å². The third-order valence-corrected chi connectivity index (χ3v) is 2.08. The number of halogens is 2. The molecule has 0 atom stereocenters. The van der Waals surface area contributed by atoms with Crippen molar-refractivity contribution >= 4 is 23.4 Å². The fourth-order valence-corrected chi connectivity index (χ4v) is 1.51. The van der Waals surface area contributed by atoms with Gasteiger partial charge in [-0.3, -0.25) is 4.79 Å². The van der Waals surface area contributed by atoms with Crippen LogP contribution in [0.3, 0.4) is 0 Å². The molecule has 1 rings (SSSR count). The van der Waals surface area contributed by atoms with Gasteiger partial charge in [-0.25, -0.2) is 0 Å². The van der Waals surface area contributed by atoms with Crippen molar-refractivity contribution in [1.29, 1.82) is 0 Å². The maximum Gasteiger partial charge on any atom is 0.288 e. The summed E-state index contributed by atoms with van der Waals surface area (Å²) in [5, 5.41) is 2.52. The Morgan fingerprint density at radius 1 is 1.50 bits per heavy atom. The van der Waals surface area contributed by atoms with Crippen LogP contribution < -0.4 is 5.32 Å². The number of benzene rings is 1. The first-order valence-corrected chi connectivity index (χ1v) is 4.78. The van der Waals surface area contributed by atoms with Crippen molar-refractivity contribution in [3.63, 3.8) is 0 Å². The van der Waals surface area contributed by atoms with E-state index in [0.29, 0.717) is 22.3 Å². The lowest BCUT2D eigenvalue weighted by atomic mass is 10.3. The van der Waals surface area contributed by atoms with Crippen molar-refractivity contribution in [1.82, 2.24) is 0 Å². The summed E-state index contributed by atoms with van der Waals surface area (Å²) in [4.78, 5) is 11.1. The SMILES string of the molecule is CC(=O)Nc1cccc(SC(F)F)c1. The molecule has 5 heteroatoms. The van der Waals surface area contributed by atoms with Crippen LogP contribution in [0.5, 0.6) is 0 Å². The molecule has 14 heavy (non-hydrogen) atoms. The lowest BCUT2D eigenvalue weighted by Crippen LogP contribution is -2.05. The van der Waals surface area contributed by atoms with Crippen LogP contribution in [-0.4, -0.2) is 11.7 Å². The van der Waals surface area contributed by atoms with E-state index >= 15 is 0 Å². The number of hydrogen-bond donors (Lipinski definition) is 1. The minimum Gasteiger partial charge on any atom is -0.326 e. The lowest BCUT2D eigenvalue weighted by molar-refractivity contribution is -0.114. The number of carbonyl (C=O) groups is 1. The number of hydrogen-bond acceptors (Lipinski definition) is 2. The first kappa shape index (κ1) is 11.0. The van der Waals surface area contributed by atoms with Gasteiger partial charge in [-0.05, 0) is 18.2 Å². The predicted octanol–water partition coefficient (Wildman–Crippen LogP) is 2.96. The van der Waals surface area contributed by atoms with E-state index in [1.807, 2.05) is 0 Å². The molecule has 1 aromatic carbocycles. The van der Waals surface area contributed by atoms with E-state index in [1.165, 1.54) is 13.0 Å². The average molecular weight is 217 g/mol. The third-order valence-electron chi connectivity index (χ3n) is 1.38. The van der Waals surface area contributed by atoms with E-state index in [9.17, 15) is 13.6 Å². The van der Waals surface area contributed by atoms with Gasteiger partial charge in [0.2, 0.25) is 5.91 Å². The summed E-state index contributed by atoms with van der Waals surface area (Å²) < 4.78 is 24.0. The van der Waals surface area contributed by atoms with Crippen molar-refractivity contribution < 1.29 is 13.6 Å². The van der Waals surface area contributed by atoms with Gasteiger partial charge in [-0.1, -0.05) is 17.8 Å². The largest absolute Gasteiger partial charge is 0.326 e. The maximum absolute atomic E-state index is 12.0. The van der Waals surface area contributed by atoms with Crippen LogP contribution in [0.25, 0.3) is 0 Å². The van der Waals surface area contributed by atoms with Crippen LogP contribution in [0.1, 0.15) is 6.92 Å². The fourth-order valence-electron chi connectivity index (χ4n) is 0.953. The molecule has 0 fully saturated rings. The average Bonchev–Trinajstić information content (AvgIpc) is 2.01. The minimum atomic E-state index is -2.44. The van der Waals surface area contributed by atoms with Gasteiger partial charge in [0.1, 0.15) is 0 Å². The smallest absolute Gasteiger partial charge is 0.288 e. The predicted molar refractivity (Wildman–Crippen MR) is 52.6 cm³/mol. The number of carbonyl (C=O) groups excluding carboxylic acids is 1. The molecular weight excluding hydrogens is 208 g/mol. The molecule has 2 nitrogen and oxygen atoms in total. The van der Waals surface area contributed by atoms with Crippen molar-refractivity contribution in [3.8, 4) is 0 Å². The molecular formula is C9H9F2NOS. The Labute approximate surface area is 84.7 Å². The summed E-state index contributed by atoms with van der Waals surface area (Å²) in [5.74, 6) is -2.66. The minimum absolute atomic E-state index is 0.218. The fraction of sp³-hybridized carbons (Fsp3) is 0.222. The molecule has 0 radical (unpaired) electrons.